The fourth-order valence-corrected chi connectivity index (χ4v) is 7.39. The van der Waals surface area contributed by atoms with Crippen molar-refractivity contribution in [2.45, 2.75) is 117 Å². The third-order valence-corrected chi connectivity index (χ3v) is 9.88. The molecule has 4 aromatic carbocycles. The molecule has 49 heavy (non-hydrogen) atoms. The van der Waals surface area contributed by atoms with Crippen LogP contribution in [0, 0.1) is 0 Å². The highest BCUT2D eigenvalue weighted by atomic mass is 16.5. The molecule has 0 aliphatic rings. The van der Waals surface area contributed by atoms with Crippen LogP contribution in [0.5, 0.6) is 11.5 Å². The summed E-state index contributed by atoms with van der Waals surface area (Å²) in [6, 6.07) is 34.6. The Morgan fingerprint density at radius 2 is 0.837 bits per heavy atom. The Kier molecular flexibility index (Phi) is 14.3. The summed E-state index contributed by atoms with van der Waals surface area (Å²) in [5.74, 6) is 0.778. The molecule has 5 nitrogen and oxygen atoms in total. The van der Waals surface area contributed by atoms with Gasteiger partial charge in [-0.3, -0.25) is 9.80 Å². The fourth-order valence-electron chi connectivity index (χ4n) is 7.39. The minimum atomic E-state index is 0.0676. The van der Waals surface area contributed by atoms with Crippen molar-refractivity contribution in [1.82, 2.24) is 9.80 Å². The quantitative estimate of drug-likeness (QED) is 0.111. The summed E-state index contributed by atoms with van der Waals surface area (Å²) in [5, 5.41) is 22.2. The van der Waals surface area contributed by atoms with Crippen molar-refractivity contribution in [3.8, 4) is 11.5 Å². The van der Waals surface area contributed by atoms with Gasteiger partial charge >= 0.3 is 0 Å². The summed E-state index contributed by atoms with van der Waals surface area (Å²) in [6.45, 7) is 20.7. The minimum Gasteiger partial charge on any atom is -0.508 e. The van der Waals surface area contributed by atoms with Crippen LogP contribution in [0.15, 0.2) is 97.1 Å². The molecule has 4 rings (SSSR count). The van der Waals surface area contributed by atoms with Crippen LogP contribution in [0.3, 0.4) is 0 Å². The van der Waals surface area contributed by atoms with Gasteiger partial charge in [-0.25, -0.2) is 0 Å². The molecule has 0 amide bonds. The van der Waals surface area contributed by atoms with Crippen molar-refractivity contribution in [1.29, 1.82) is 0 Å². The topological polar surface area (TPSA) is 56.2 Å². The molecule has 2 unspecified atom stereocenters. The first-order valence-corrected chi connectivity index (χ1v) is 18.3. The Bertz CT molecular complexity index is 1420. The predicted molar refractivity (Wildman–Crippen MR) is 204 cm³/mol. The Morgan fingerprint density at radius 1 is 0.490 bits per heavy atom. The van der Waals surface area contributed by atoms with Crippen molar-refractivity contribution >= 4 is 0 Å². The zero-order valence-corrected chi connectivity index (χ0v) is 31.1. The average molecular weight is 665 g/mol. The van der Waals surface area contributed by atoms with E-state index in [-0.39, 0.29) is 11.8 Å². The van der Waals surface area contributed by atoms with E-state index in [1.165, 1.54) is 11.1 Å². The van der Waals surface area contributed by atoms with Crippen molar-refractivity contribution < 1.29 is 14.9 Å². The molecule has 264 valence electrons. The highest BCUT2D eigenvalue weighted by Crippen LogP contribution is 2.37. The normalized spacial score (nSPS) is 13.3. The van der Waals surface area contributed by atoms with Crippen LogP contribution in [0.2, 0.25) is 0 Å². The van der Waals surface area contributed by atoms with Gasteiger partial charge in [0.05, 0.1) is 13.2 Å². The van der Waals surface area contributed by atoms with Crippen molar-refractivity contribution in [3.63, 3.8) is 0 Å². The lowest BCUT2D eigenvalue weighted by Crippen LogP contribution is -2.38. The summed E-state index contributed by atoms with van der Waals surface area (Å²) in [5.41, 5.74) is 6.35. The predicted octanol–water partition coefficient (Wildman–Crippen LogP) is 10.1. The lowest BCUT2D eigenvalue weighted by Gasteiger charge is -2.32. The first-order valence-electron chi connectivity index (χ1n) is 18.3. The lowest BCUT2D eigenvalue weighted by atomic mass is 9.86. The Balaban J connectivity index is 1.52. The second kappa shape index (κ2) is 18.4. The molecule has 2 N–H and O–H groups in total. The van der Waals surface area contributed by atoms with Crippen molar-refractivity contribution in [2.24, 2.45) is 0 Å². The molecule has 0 aliphatic heterocycles. The van der Waals surface area contributed by atoms with Gasteiger partial charge in [-0.1, -0.05) is 72.8 Å². The van der Waals surface area contributed by atoms with Gasteiger partial charge in [0.15, 0.2) is 0 Å². The highest BCUT2D eigenvalue weighted by Gasteiger charge is 2.23. The zero-order chi connectivity index (χ0) is 35.5. The third kappa shape index (κ3) is 10.7. The maximum atomic E-state index is 11.1. The number of aromatic hydroxyl groups is 2. The number of phenols is 2. The van der Waals surface area contributed by atoms with E-state index in [1.54, 1.807) is 0 Å². The van der Waals surface area contributed by atoms with E-state index in [0.29, 0.717) is 48.9 Å². The Hall–Kier alpha value is -3.64. The molecule has 0 saturated carbocycles. The Morgan fingerprint density at radius 3 is 1.16 bits per heavy atom. The monoisotopic (exact) mass is 664 g/mol. The van der Waals surface area contributed by atoms with E-state index >= 15 is 0 Å². The SMILES string of the molecule is CC(C)N(CCC(c1ccccc1)c1cc(COCc2ccc(O)c(C(CCN(C(C)C)C(C)C)c3ccccc3)c2)ccc1O)C(C)C. The molecule has 0 bridgehead atoms. The summed E-state index contributed by atoms with van der Waals surface area (Å²) >= 11 is 0. The van der Waals surface area contributed by atoms with E-state index < -0.39 is 0 Å². The van der Waals surface area contributed by atoms with E-state index in [1.807, 2.05) is 36.4 Å². The number of hydrogen-bond acceptors (Lipinski definition) is 5. The first kappa shape index (κ1) is 38.2. The maximum Gasteiger partial charge on any atom is 0.119 e. The molecule has 0 heterocycles. The molecule has 0 saturated heterocycles. The standard InChI is InChI=1S/C44H60N2O3/c1-31(2)45(32(3)4)25-23-39(37-15-11-9-12-16-37)41-27-35(19-21-43(41)47)29-49-30-36-20-22-44(48)42(28-36)40(38-17-13-10-14-18-38)24-26-46(33(5)6)34(7)8/h9-22,27-28,31-34,39-40,47-48H,23-26,29-30H2,1-8H3. The second-order valence-electron chi connectivity index (χ2n) is 14.6. The van der Waals surface area contributed by atoms with Gasteiger partial charge < -0.3 is 14.9 Å². The third-order valence-electron chi connectivity index (χ3n) is 9.88. The second-order valence-corrected chi connectivity index (χ2v) is 14.6. The van der Waals surface area contributed by atoms with Crippen LogP contribution < -0.4 is 0 Å². The molecular weight excluding hydrogens is 604 g/mol. The van der Waals surface area contributed by atoms with E-state index in [9.17, 15) is 10.2 Å². The van der Waals surface area contributed by atoms with Gasteiger partial charge in [-0.05, 0) is 128 Å². The molecule has 5 heteroatoms. The van der Waals surface area contributed by atoms with Crippen LogP contribution in [0.25, 0.3) is 0 Å². The maximum absolute atomic E-state index is 11.1. The molecule has 2 atom stereocenters. The molecule has 0 aromatic heterocycles. The summed E-state index contributed by atoms with van der Waals surface area (Å²) in [4.78, 5) is 5.03. The van der Waals surface area contributed by atoms with E-state index in [0.717, 1.165) is 48.2 Å². The largest absolute Gasteiger partial charge is 0.508 e. The van der Waals surface area contributed by atoms with Crippen LogP contribution in [-0.2, 0) is 18.0 Å². The number of benzene rings is 4. The van der Waals surface area contributed by atoms with Gasteiger partial charge in [0.25, 0.3) is 0 Å². The molecular formula is C44H60N2O3. The van der Waals surface area contributed by atoms with E-state index in [4.69, 9.17) is 4.74 Å². The molecule has 0 aliphatic carbocycles. The van der Waals surface area contributed by atoms with Gasteiger partial charge in [-0.2, -0.15) is 0 Å². The molecule has 0 fully saturated rings. The van der Waals surface area contributed by atoms with Gasteiger partial charge in [-0.15, -0.1) is 0 Å². The van der Waals surface area contributed by atoms with Crippen LogP contribution >= 0.6 is 0 Å². The highest BCUT2D eigenvalue weighted by molar-refractivity contribution is 5.45. The molecule has 0 radical (unpaired) electrons. The fraction of sp³-hybridized carbons (Fsp3) is 0.455. The molecule has 4 aromatic rings. The van der Waals surface area contributed by atoms with Gasteiger partial charge in [0, 0.05) is 47.1 Å². The lowest BCUT2D eigenvalue weighted by molar-refractivity contribution is 0.107. The van der Waals surface area contributed by atoms with Gasteiger partial charge in [0.2, 0.25) is 0 Å². The summed E-state index contributed by atoms with van der Waals surface area (Å²) < 4.78 is 6.31. The van der Waals surface area contributed by atoms with Crippen LogP contribution in [0.1, 0.15) is 113 Å². The Labute approximate surface area is 296 Å². The van der Waals surface area contributed by atoms with Gasteiger partial charge in [0.1, 0.15) is 11.5 Å². The van der Waals surface area contributed by atoms with E-state index in [2.05, 4.69) is 126 Å². The number of phenolic OH excluding ortho intramolecular Hbond substituents is 2. The zero-order valence-electron chi connectivity index (χ0n) is 31.1. The van der Waals surface area contributed by atoms with Crippen molar-refractivity contribution in [2.75, 3.05) is 13.1 Å². The molecule has 0 spiro atoms. The smallest absolute Gasteiger partial charge is 0.119 e. The number of ether oxygens (including phenoxy) is 1. The van der Waals surface area contributed by atoms with Crippen LogP contribution in [0.4, 0.5) is 0 Å². The number of hydrogen-bond donors (Lipinski definition) is 2. The summed E-state index contributed by atoms with van der Waals surface area (Å²) in [7, 11) is 0. The first-order chi connectivity index (χ1) is 23.5. The van der Waals surface area contributed by atoms with Crippen molar-refractivity contribution in [3.05, 3.63) is 130 Å². The average Bonchev–Trinajstić information content (AvgIpc) is 3.07. The number of nitrogens with zero attached hydrogens (tertiary/aromatic N) is 2. The summed E-state index contributed by atoms with van der Waals surface area (Å²) in [6.07, 6.45) is 1.81. The van der Waals surface area contributed by atoms with Crippen LogP contribution in [-0.4, -0.2) is 57.3 Å². The minimum absolute atomic E-state index is 0.0676. The number of rotatable bonds is 18.